The van der Waals surface area contributed by atoms with Gasteiger partial charge in [0.15, 0.2) is 5.82 Å². The molecule has 3 heterocycles. The Kier molecular flexibility index (Phi) is 3.64. The summed E-state index contributed by atoms with van der Waals surface area (Å²) in [5.74, 6) is -1.26. The number of halogens is 2. The SMILES string of the molecule is Cc1c(F)c(C#N)c2[nH]ncc2c1-c1ccn2nc(NC(=O)[C@@H]3C[C@@H]3F)cc2c1. The number of benzene rings is 1. The number of nitrogens with zero attached hydrogens (tertiary/aromatic N) is 4. The summed E-state index contributed by atoms with van der Waals surface area (Å²) in [6.07, 6.45) is 2.42. The van der Waals surface area contributed by atoms with Gasteiger partial charge in [-0.3, -0.25) is 9.89 Å². The van der Waals surface area contributed by atoms with Crippen LogP contribution in [0.3, 0.4) is 0 Å². The maximum atomic E-state index is 14.8. The van der Waals surface area contributed by atoms with Crippen molar-refractivity contribution in [2.45, 2.75) is 19.5 Å². The second-order valence-corrected chi connectivity index (χ2v) is 7.12. The maximum absolute atomic E-state index is 14.8. The predicted molar refractivity (Wildman–Crippen MR) is 101 cm³/mol. The Morgan fingerprint density at radius 3 is 2.97 bits per heavy atom. The lowest BCUT2D eigenvalue weighted by Crippen LogP contribution is -2.15. The summed E-state index contributed by atoms with van der Waals surface area (Å²) < 4.78 is 29.4. The zero-order chi connectivity index (χ0) is 20.3. The Morgan fingerprint density at radius 1 is 1.45 bits per heavy atom. The molecule has 0 spiro atoms. The second kappa shape index (κ2) is 6.10. The fraction of sp³-hybridized carbons (Fsp3) is 0.200. The molecule has 0 saturated heterocycles. The molecular formula is C20H14F2N6O. The van der Waals surface area contributed by atoms with Gasteiger partial charge in [0, 0.05) is 17.6 Å². The first kappa shape index (κ1) is 17.3. The van der Waals surface area contributed by atoms with Crippen LogP contribution in [0.1, 0.15) is 17.5 Å². The Labute approximate surface area is 162 Å². The van der Waals surface area contributed by atoms with E-state index in [9.17, 15) is 18.8 Å². The van der Waals surface area contributed by atoms with Crippen LogP contribution in [0.4, 0.5) is 14.6 Å². The summed E-state index contributed by atoms with van der Waals surface area (Å²) in [5, 5.41) is 23.5. The average molecular weight is 392 g/mol. The van der Waals surface area contributed by atoms with Gasteiger partial charge in [-0.25, -0.2) is 13.3 Å². The van der Waals surface area contributed by atoms with E-state index in [0.29, 0.717) is 38.9 Å². The summed E-state index contributed by atoms with van der Waals surface area (Å²) in [6, 6.07) is 7.12. The number of aromatic nitrogens is 4. The fourth-order valence-corrected chi connectivity index (χ4v) is 3.62. The number of nitrogens with one attached hydrogen (secondary N) is 2. The van der Waals surface area contributed by atoms with Crippen LogP contribution < -0.4 is 5.32 Å². The zero-order valence-corrected chi connectivity index (χ0v) is 15.2. The lowest BCUT2D eigenvalue weighted by Gasteiger charge is -2.11. The first-order valence-corrected chi connectivity index (χ1v) is 8.98. The number of alkyl halides is 1. The number of pyridine rings is 1. The molecule has 2 N–H and O–H groups in total. The predicted octanol–water partition coefficient (Wildman–Crippen LogP) is 3.49. The third kappa shape index (κ3) is 2.64. The number of hydrogen-bond donors (Lipinski definition) is 2. The van der Waals surface area contributed by atoms with Crippen molar-refractivity contribution >= 4 is 28.1 Å². The van der Waals surface area contributed by atoms with Crippen LogP contribution in [-0.2, 0) is 4.79 Å². The zero-order valence-electron chi connectivity index (χ0n) is 15.2. The van der Waals surface area contributed by atoms with Crippen LogP contribution >= 0.6 is 0 Å². The molecule has 2 atom stereocenters. The van der Waals surface area contributed by atoms with Crippen molar-refractivity contribution in [3.05, 3.63) is 47.5 Å². The second-order valence-electron chi connectivity index (χ2n) is 7.12. The van der Waals surface area contributed by atoms with Crippen molar-refractivity contribution in [1.29, 1.82) is 5.26 Å². The largest absolute Gasteiger partial charge is 0.309 e. The Hall–Kier alpha value is -3.80. The van der Waals surface area contributed by atoms with E-state index in [4.69, 9.17) is 0 Å². The summed E-state index contributed by atoms with van der Waals surface area (Å²) in [6.45, 7) is 1.62. The molecule has 1 aromatic carbocycles. The minimum atomic E-state index is -1.08. The van der Waals surface area contributed by atoms with E-state index >= 15 is 0 Å². The first-order chi connectivity index (χ1) is 14.0. The number of anilines is 1. The molecule has 0 unspecified atom stereocenters. The van der Waals surface area contributed by atoms with Gasteiger partial charge in [-0.1, -0.05) is 0 Å². The molecule has 9 heteroatoms. The molecule has 1 saturated carbocycles. The minimum Gasteiger partial charge on any atom is -0.309 e. The van der Waals surface area contributed by atoms with E-state index in [1.165, 1.54) is 0 Å². The molecule has 1 fully saturated rings. The van der Waals surface area contributed by atoms with Crippen LogP contribution in [0.5, 0.6) is 0 Å². The van der Waals surface area contributed by atoms with Crippen molar-refractivity contribution in [2.24, 2.45) is 5.92 Å². The molecule has 7 nitrogen and oxygen atoms in total. The molecule has 3 aromatic heterocycles. The molecule has 4 aromatic rings. The summed E-state index contributed by atoms with van der Waals surface area (Å²) in [5.41, 5.74) is 2.63. The maximum Gasteiger partial charge on any atom is 0.231 e. The van der Waals surface area contributed by atoms with Crippen molar-refractivity contribution in [3.63, 3.8) is 0 Å². The van der Waals surface area contributed by atoms with Gasteiger partial charge in [0.05, 0.1) is 23.1 Å². The van der Waals surface area contributed by atoms with Gasteiger partial charge in [-0.15, -0.1) is 0 Å². The molecule has 0 radical (unpaired) electrons. The molecule has 29 heavy (non-hydrogen) atoms. The molecule has 1 aliphatic rings. The lowest BCUT2D eigenvalue weighted by atomic mass is 9.94. The van der Waals surface area contributed by atoms with Gasteiger partial charge in [-0.05, 0) is 42.2 Å². The van der Waals surface area contributed by atoms with E-state index in [-0.39, 0.29) is 17.9 Å². The number of rotatable bonds is 3. The van der Waals surface area contributed by atoms with E-state index < -0.39 is 17.9 Å². The molecule has 144 valence electrons. The van der Waals surface area contributed by atoms with Crippen molar-refractivity contribution in [1.82, 2.24) is 19.8 Å². The standard InChI is InChI=1S/C20H14F2N6O/c1-9-17(14-8-24-26-19(14)13(7-23)18(9)22)10-2-3-28-11(4-10)5-16(27-28)25-20(29)12-6-15(12)21/h2-5,8,12,15H,6H2,1H3,(H,24,26)(H,25,27,29)/t12-,15+/m1/s1. The summed E-state index contributed by atoms with van der Waals surface area (Å²) in [7, 11) is 0. The quantitative estimate of drug-likeness (QED) is 0.557. The number of H-pyrrole nitrogens is 1. The topological polar surface area (TPSA) is 98.9 Å². The smallest absolute Gasteiger partial charge is 0.231 e. The highest BCUT2D eigenvalue weighted by Crippen LogP contribution is 2.36. The monoisotopic (exact) mass is 392 g/mol. The highest BCUT2D eigenvalue weighted by molar-refractivity contribution is 6.00. The van der Waals surface area contributed by atoms with E-state index in [1.807, 2.05) is 6.07 Å². The summed E-state index contributed by atoms with van der Waals surface area (Å²) in [4.78, 5) is 11.9. The van der Waals surface area contributed by atoms with Crippen molar-refractivity contribution in [2.75, 3.05) is 5.32 Å². The molecular weight excluding hydrogens is 378 g/mol. The minimum absolute atomic E-state index is 0.0691. The van der Waals surface area contributed by atoms with Gasteiger partial charge in [-0.2, -0.15) is 15.5 Å². The van der Waals surface area contributed by atoms with Gasteiger partial charge < -0.3 is 5.32 Å². The molecule has 0 bridgehead atoms. The fourth-order valence-electron chi connectivity index (χ4n) is 3.62. The van der Waals surface area contributed by atoms with E-state index in [2.05, 4.69) is 20.6 Å². The van der Waals surface area contributed by atoms with Gasteiger partial charge in [0.2, 0.25) is 5.91 Å². The molecule has 1 aliphatic carbocycles. The van der Waals surface area contributed by atoms with Crippen LogP contribution in [0.25, 0.3) is 27.5 Å². The number of hydrogen-bond acceptors (Lipinski definition) is 4. The highest BCUT2D eigenvalue weighted by atomic mass is 19.1. The number of fused-ring (bicyclic) bond motifs is 2. The Bertz CT molecular complexity index is 1350. The van der Waals surface area contributed by atoms with Crippen molar-refractivity contribution < 1.29 is 13.6 Å². The van der Waals surface area contributed by atoms with Crippen LogP contribution in [0.15, 0.2) is 30.6 Å². The third-order valence-corrected chi connectivity index (χ3v) is 5.25. The third-order valence-electron chi connectivity index (χ3n) is 5.25. The molecule has 1 amide bonds. The Balaban J connectivity index is 1.59. The average Bonchev–Trinajstić information content (AvgIpc) is 3.08. The van der Waals surface area contributed by atoms with Gasteiger partial charge >= 0.3 is 0 Å². The van der Waals surface area contributed by atoms with Gasteiger partial charge in [0.25, 0.3) is 0 Å². The highest BCUT2D eigenvalue weighted by Gasteiger charge is 2.43. The normalized spacial score (nSPS) is 18.1. The van der Waals surface area contributed by atoms with Gasteiger partial charge in [0.1, 0.15) is 23.6 Å². The van der Waals surface area contributed by atoms with Crippen molar-refractivity contribution in [3.8, 4) is 17.2 Å². The number of amides is 1. The number of aromatic amines is 1. The number of carbonyl (C=O) groups is 1. The summed E-state index contributed by atoms with van der Waals surface area (Å²) >= 11 is 0. The van der Waals surface area contributed by atoms with Crippen LogP contribution in [0.2, 0.25) is 0 Å². The molecule has 5 rings (SSSR count). The Morgan fingerprint density at radius 2 is 2.24 bits per heavy atom. The van der Waals surface area contributed by atoms with E-state index in [0.717, 1.165) is 0 Å². The lowest BCUT2D eigenvalue weighted by molar-refractivity contribution is -0.117. The van der Waals surface area contributed by atoms with Crippen LogP contribution in [-0.4, -0.2) is 31.9 Å². The number of carbonyl (C=O) groups excluding carboxylic acids is 1. The van der Waals surface area contributed by atoms with Crippen LogP contribution in [0, 0.1) is 30.0 Å². The number of nitriles is 1. The molecule has 0 aliphatic heterocycles. The first-order valence-electron chi connectivity index (χ1n) is 8.98. The van der Waals surface area contributed by atoms with E-state index in [1.54, 1.807) is 42.0 Å².